The molecule has 0 aromatic heterocycles. The van der Waals surface area contributed by atoms with Crippen LogP contribution in [-0.2, 0) is 17.8 Å². The summed E-state index contributed by atoms with van der Waals surface area (Å²) in [5.74, 6) is 0.0552. The molecule has 0 aliphatic rings. The van der Waals surface area contributed by atoms with Crippen molar-refractivity contribution >= 4 is 52.8 Å². The van der Waals surface area contributed by atoms with Crippen LogP contribution in [0.3, 0.4) is 0 Å². The molecule has 2 amide bonds. The highest BCUT2D eigenvalue weighted by Gasteiger charge is 2.24. The Morgan fingerprint density at radius 2 is 1.68 bits per heavy atom. The molecule has 3 aromatic rings. The second-order valence-electron chi connectivity index (χ2n) is 9.39. The molecule has 0 radical (unpaired) electrons. The molecule has 0 saturated carbocycles. The van der Waals surface area contributed by atoms with Gasteiger partial charge in [0.2, 0.25) is 0 Å². The molecule has 0 saturated heterocycles. The summed E-state index contributed by atoms with van der Waals surface area (Å²) in [6.07, 6.45) is 3.77. The summed E-state index contributed by atoms with van der Waals surface area (Å²) < 4.78 is 12.0. The van der Waals surface area contributed by atoms with Gasteiger partial charge in [0.25, 0.3) is 11.8 Å². The van der Waals surface area contributed by atoms with Gasteiger partial charge in [-0.15, -0.1) is 6.58 Å². The first-order chi connectivity index (χ1) is 19.6. The largest absolute Gasteiger partial charge is 0.490 e. The van der Waals surface area contributed by atoms with Crippen molar-refractivity contribution in [3.8, 4) is 11.5 Å². The third-order valence-corrected chi connectivity index (χ3v) is 6.77. The number of nitrogens with one attached hydrogen (secondary N) is 2. The van der Waals surface area contributed by atoms with E-state index in [1.54, 1.807) is 48.5 Å². The number of ether oxygens (including phenoxy) is 2. The lowest BCUT2D eigenvalue weighted by Gasteiger charge is -2.20. The Labute approximate surface area is 255 Å². The molecule has 0 heterocycles. The van der Waals surface area contributed by atoms with Crippen LogP contribution >= 0.6 is 34.8 Å². The normalized spacial score (nSPS) is 11.8. The fourth-order valence-electron chi connectivity index (χ4n) is 3.88. The number of allylic oxidation sites excluding steroid dienone is 1. The predicted molar refractivity (Wildman–Crippen MR) is 166 cm³/mol. The summed E-state index contributed by atoms with van der Waals surface area (Å²) in [6.45, 7) is 10.0. The highest BCUT2D eigenvalue weighted by atomic mass is 35.5. The zero-order valence-electron chi connectivity index (χ0n) is 23.0. The van der Waals surface area contributed by atoms with E-state index in [2.05, 4.69) is 22.4 Å². The molecule has 0 spiro atoms. The van der Waals surface area contributed by atoms with Crippen LogP contribution in [0.2, 0.25) is 15.1 Å². The molecule has 1 unspecified atom stereocenters. The van der Waals surface area contributed by atoms with Gasteiger partial charge < -0.3 is 14.8 Å². The van der Waals surface area contributed by atoms with E-state index in [1.165, 1.54) is 6.21 Å². The zero-order chi connectivity index (χ0) is 29.9. The van der Waals surface area contributed by atoms with Crippen LogP contribution in [0.5, 0.6) is 11.5 Å². The molecule has 0 aliphatic carbocycles. The SMILES string of the molecule is C=CCc1cc(C=NNC(=O)C(NC(=O)c2ccc(Cl)cc2)C(C)C)cc(OCC)c1OCc1ccc(Cl)cc1Cl. The van der Waals surface area contributed by atoms with Gasteiger partial charge in [-0.25, -0.2) is 5.43 Å². The molecule has 0 aliphatic heterocycles. The fraction of sp³-hybridized carbons (Fsp3) is 0.258. The summed E-state index contributed by atoms with van der Waals surface area (Å²) in [4.78, 5) is 25.6. The van der Waals surface area contributed by atoms with E-state index < -0.39 is 11.9 Å². The van der Waals surface area contributed by atoms with Crippen molar-refractivity contribution in [2.45, 2.75) is 39.8 Å². The smallest absolute Gasteiger partial charge is 0.262 e. The van der Waals surface area contributed by atoms with Crippen LogP contribution in [0.15, 0.2) is 72.4 Å². The number of carbonyl (C=O) groups is 2. The summed E-state index contributed by atoms with van der Waals surface area (Å²) in [6, 6.07) is 14.5. The van der Waals surface area contributed by atoms with Crippen molar-refractivity contribution in [1.29, 1.82) is 0 Å². The van der Waals surface area contributed by atoms with Crippen molar-refractivity contribution in [3.63, 3.8) is 0 Å². The van der Waals surface area contributed by atoms with E-state index in [0.717, 1.165) is 11.1 Å². The topological polar surface area (TPSA) is 89.0 Å². The Kier molecular flexibility index (Phi) is 12.1. The molecule has 2 N–H and O–H groups in total. The monoisotopic (exact) mass is 615 g/mol. The van der Waals surface area contributed by atoms with E-state index in [1.807, 2.05) is 32.9 Å². The van der Waals surface area contributed by atoms with Gasteiger partial charge in [-0.1, -0.05) is 60.8 Å². The lowest BCUT2D eigenvalue weighted by molar-refractivity contribution is -0.123. The maximum Gasteiger partial charge on any atom is 0.262 e. The third-order valence-electron chi connectivity index (χ3n) is 5.94. The van der Waals surface area contributed by atoms with Gasteiger partial charge in [-0.2, -0.15) is 5.10 Å². The van der Waals surface area contributed by atoms with Crippen LogP contribution in [0.1, 0.15) is 47.8 Å². The lowest BCUT2D eigenvalue weighted by Crippen LogP contribution is -2.48. The molecule has 7 nitrogen and oxygen atoms in total. The third kappa shape index (κ3) is 9.25. The predicted octanol–water partition coefficient (Wildman–Crippen LogP) is 7.26. The fourth-order valence-corrected chi connectivity index (χ4v) is 4.47. The lowest BCUT2D eigenvalue weighted by atomic mass is 10.0. The molecule has 0 fully saturated rings. The summed E-state index contributed by atoms with van der Waals surface area (Å²) in [5, 5.41) is 8.46. The van der Waals surface area contributed by atoms with Crippen molar-refractivity contribution in [2.24, 2.45) is 11.0 Å². The number of hydrogen-bond acceptors (Lipinski definition) is 5. The van der Waals surface area contributed by atoms with Crippen LogP contribution in [0.4, 0.5) is 0 Å². The van der Waals surface area contributed by atoms with Gasteiger partial charge in [-0.05, 0) is 73.4 Å². The molecule has 0 bridgehead atoms. The number of carbonyl (C=O) groups excluding carboxylic acids is 2. The number of benzene rings is 3. The highest BCUT2D eigenvalue weighted by molar-refractivity contribution is 6.35. The number of hydrazone groups is 1. The van der Waals surface area contributed by atoms with Crippen molar-refractivity contribution in [3.05, 3.63) is 105 Å². The van der Waals surface area contributed by atoms with Crippen LogP contribution < -0.4 is 20.2 Å². The minimum Gasteiger partial charge on any atom is -0.490 e. The minimum absolute atomic E-state index is 0.184. The number of hydrogen-bond donors (Lipinski definition) is 2. The standard InChI is InChI=1S/C31H32Cl3N3O4/c1-5-7-22-14-20(15-27(40-6-2)29(22)41-18-23-10-13-25(33)16-26(23)34)17-35-37-31(39)28(19(3)4)36-30(38)21-8-11-24(32)12-9-21/h5,8-17,19,28H,1,6-7,18H2,2-4H3,(H,36,38)(H,37,39). The quantitative estimate of drug-likeness (QED) is 0.120. The van der Waals surface area contributed by atoms with Crippen molar-refractivity contribution in [2.75, 3.05) is 6.61 Å². The van der Waals surface area contributed by atoms with Gasteiger partial charge in [0.1, 0.15) is 12.6 Å². The van der Waals surface area contributed by atoms with Crippen LogP contribution in [0.25, 0.3) is 0 Å². The maximum atomic E-state index is 12.9. The van der Waals surface area contributed by atoms with Crippen molar-refractivity contribution < 1.29 is 19.1 Å². The molecule has 1 atom stereocenters. The molecule has 10 heteroatoms. The van der Waals surface area contributed by atoms with Crippen LogP contribution in [0, 0.1) is 5.92 Å². The zero-order valence-corrected chi connectivity index (χ0v) is 25.3. The Bertz CT molecular complexity index is 1410. The molecule has 3 rings (SSSR count). The van der Waals surface area contributed by atoms with Gasteiger partial charge in [0.05, 0.1) is 12.8 Å². The van der Waals surface area contributed by atoms with E-state index in [4.69, 9.17) is 44.3 Å². The van der Waals surface area contributed by atoms with Gasteiger partial charge in [-0.3, -0.25) is 9.59 Å². The first-order valence-electron chi connectivity index (χ1n) is 13.0. The Morgan fingerprint density at radius 1 is 0.976 bits per heavy atom. The average molecular weight is 617 g/mol. The highest BCUT2D eigenvalue weighted by Crippen LogP contribution is 2.35. The Morgan fingerprint density at radius 3 is 2.32 bits per heavy atom. The summed E-state index contributed by atoms with van der Waals surface area (Å²) in [5.41, 5.74) is 5.20. The van der Waals surface area contributed by atoms with Gasteiger partial charge >= 0.3 is 0 Å². The molecular weight excluding hydrogens is 585 g/mol. The minimum atomic E-state index is -0.805. The van der Waals surface area contributed by atoms with Gasteiger partial charge in [0.15, 0.2) is 11.5 Å². The summed E-state index contributed by atoms with van der Waals surface area (Å²) in [7, 11) is 0. The average Bonchev–Trinajstić information content (AvgIpc) is 2.92. The van der Waals surface area contributed by atoms with E-state index in [-0.39, 0.29) is 18.4 Å². The second-order valence-corrected chi connectivity index (χ2v) is 10.7. The maximum absolute atomic E-state index is 12.9. The first kappa shape index (κ1) is 32.0. The van der Waals surface area contributed by atoms with Crippen molar-refractivity contribution in [1.82, 2.24) is 10.7 Å². The molecule has 41 heavy (non-hydrogen) atoms. The van der Waals surface area contributed by atoms with E-state index >= 15 is 0 Å². The van der Waals surface area contributed by atoms with Crippen LogP contribution in [-0.4, -0.2) is 30.7 Å². The van der Waals surface area contributed by atoms with Gasteiger partial charge in [0, 0.05) is 31.8 Å². The second kappa shape index (κ2) is 15.5. The molecular formula is C31H32Cl3N3O4. The Hall–Kier alpha value is -3.52. The number of amides is 2. The Balaban J connectivity index is 1.76. The molecule has 3 aromatic carbocycles. The number of nitrogens with zero attached hydrogens (tertiary/aromatic N) is 1. The van der Waals surface area contributed by atoms with E-state index in [0.29, 0.717) is 50.7 Å². The molecule has 216 valence electrons. The summed E-state index contributed by atoms with van der Waals surface area (Å²) >= 11 is 18.2. The number of rotatable bonds is 13. The first-order valence-corrected chi connectivity index (χ1v) is 14.1. The van der Waals surface area contributed by atoms with E-state index in [9.17, 15) is 9.59 Å². The number of halogens is 3.